The molecule has 1 fully saturated rings. The van der Waals surface area contributed by atoms with Gasteiger partial charge in [0.15, 0.2) is 5.11 Å². The molecule has 3 rings (SSSR count). The zero-order valence-electron chi connectivity index (χ0n) is 14.0. The fourth-order valence-electron chi connectivity index (χ4n) is 2.98. The first-order valence-corrected chi connectivity index (χ1v) is 8.06. The summed E-state index contributed by atoms with van der Waals surface area (Å²) in [6.45, 7) is 5.80. The Balaban J connectivity index is 2.07. The highest BCUT2D eigenvalue weighted by atomic mass is 32.1. The molecular formula is C18H17N3O3S. The van der Waals surface area contributed by atoms with Gasteiger partial charge in [0.25, 0.3) is 5.91 Å². The molecule has 7 heteroatoms. The third-order valence-electron chi connectivity index (χ3n) is 4.17. The van der Waals surface area contributed by atoms with Crippen LogP contribution in [0.25, 0.3) is 11.8 Å². The molecule has 1 aliphatic heterocycles. The first-order chi connectivity index (χ1) is 11.8. The molecule has 0 unspecified atom stereocenters. The van der Waals surface area contributed by atoms with Crippen LogP contribution in [0.15, 0.2) is 30.0 Å². The van der Waals surface area contributed by atoms with E-state index in [0.717, 1.165) is 28.2 Å². The van der Waals surface area contributed by atoms with Crippen LogP contribution in [0.4, 0.5) is 0 Å². The van der Waals surface area contributed by atoms with Crippen molar-refractivity contribution in [1.82, 2.24) is 15.2 Å². The first kappa shape index (κ1) is 16.9. The number of rotatable bonds is 3. The van der Waals surface area contributed by atoms with Crippen LogP contribution < -0.4 is 10.6 Å². The molecule has 1 aliphatic rings. The van der Waals surface area contributed by atoms with Gasteiger partial charge in [0.05, 0.1) is 5.56 Å². The number of aryl methyl sites for hydroxylation is 2. The third kappa shape index (κ3) is 3.06. The smallest absolute Gasteiger partial charge is 0.335 e. The number of carboxylic acid groups (broad SMARTS) is 1. The van der Waals surface area contributed by atoms with Crippen molar-refractivity contribution < 1.29 is 14.7 Å². The van der Waals surface area contributed by atoms with Gasteiger partial charge in [0.1, 0.15) is 5.70 Å². The summed E-state index contributed by atoms with van der Waals surface area (Å²) in [5.74, 6) is -1.20. The van der Waals surface area contributed by atoms with E-state index in [4.69, 9.17) is 17.3 Å². The average Bonchev–Trinajstić information content (AvgIpc) is 2.99. The molecule has 0 atom stereocenters. The molecule has 1 amide bonds. The highest BCUT2D eigenvalue weighted by Crippen LogP contribution is 2.25. The summed E-state index contributed by atoms with van der Waals surface area (Å²) < 4.78 is 2.04. The zero-order valence-corrected chi connectivity index (χ0v) is 14.8. The van der Waals surface area contributed by atoms with Crippen molar-refractivity contribution in [2.24, 2.45) is 0 Å². The van der Waals surface area contributed by atoms with Crippen molar-refractivity contribution in [3.8, 4) is 5.69 Å². The number of nitrogens with one attached hydrogen (secondary N) is 2. The molecule has 3 N–H and O–H groups in total. The second-order valence-corrected chi connectivity index (χ2v) is 6.34. The summed E-state index contributed by atoms with van der Waals surface area (Å²) in [5, 5.41) is 14.8. The summed E-state index contributed by atoms with van der Waals surface area (Å²) in [5.41, 5.74) is 5.25. The first-order valence-electron chi connectivity index (χ1n) is 7.65. The highest BCUT2D eigenvalue weighted by Gasteiger charge is 2.21. The van der Waals surface area contributed by atoms with Crippen LogP contribution in [-0.4, -0.2) is 26.7 Å². The van der Waals surface area contributed by atoms with Gasteiger partial charge in [-0.3, -0.25) is 10.1 Å². The maximum atomic E-state index is 11.8. The van der Waals surface area contributed by atoms with Crippen LogP contribution in [0.3, 0.4) is 0 Å². The normalized spacial score (nSPS) is 15.4. The van der Waals surface area contributed by atoms with E-state index in [1.165, 1.54) is 0 Å². The molecule has 25 heavy (non-hydrogen) atoms. The van der Waals surface area contributed by atoms with Gasteiger partial charge in [-0.1, -0.05) is 0 Å². The molecule has 0 saturated carbocycles. The Hall–Kier alpha value is -2.93. The van der Waals surface area contributed by atoms with Crippen molar-refractivity contribution in [3.63, 3.8) is 0 Å². The van der Waals surface area contributed by atoms with E-state index < -0.39 is 5.97 Å². The number of hydrogen-bond acceptors (Lipinski definition) is 3. The van der Waals surface area contributed by atoms with E-state index >= 15 is 0 Å². The number of amides is 1. The summed E-state index contributed by atoms with van der Waals surface area (Å²) in [4.78, 5) is 22.9. The van der Waals surface area contributed by atoms with E-state index in [9.17, 15) is 9.59 Å². The summed E-state index contributed by atoms with van der Waals surface area (Å²) in [6, 6.07) is 7.01. The molecule has 1 aromatic carbocycles. The fourth-order valence-corrected chi connectivity index (χ4v) is 3.18. The Labute approximate surface area is 150 Å². The standard InChI is InChI=1S/C18H17N3O3S/c1-9-6-12(17(23)24)4-5-15(9)21-10(2)7-13(11(21)3)8-14-16(22)20-18(25)19-14/h4-8H,1-3H3,(H,23,24)(H2,19,20,22,25)/b14-8+. The number of hydrogen-bond donors (Lipinski definition) is 3. The number of benzene rings is 1. The van der Waals surface area contributed by atoms with Gasteiger partial charge >= 0.3 is 5.97 Å². The number of thiocarbonyl (C=S) groups is 1. The van der Waals surface area contributed by atoms with Gasteiger partial charge in [-0.2, -0.15) is 0 Å². The Bertz CT molecular complexity index is 957. The lowest BCUT2D eigenvalue weighted by Crippen LogP contribution is -2.21. The molecule has 0 aliphatic carbocycles. The van der Waals surface area contributed by atoms with E-state index in [-0.39, 0.29) is 11.5 Å². The Morgan fingerprint density at radius 1 is 1.20 bits per heavy atom. The predicted molar refractivity (Wildman–Crippen MR) is 98.8 cm³/mol. The monoisotopic (exact) mass is 355 g/mol. The van der Waals surface area contributed by atoms with Crippen LogP contribution in [0.5, 0.6) is 0 Å². The summed E-state index contributed by atoms with van der Waals surface area (Å²) in [7, 11) is 0. The van der Waals surface area contributed by atoms with Gasteiger partial charge in [-0.15, -0.1) is 0 Å². The topological polar surface area (TPSA) is 83.4 Å². The lowest BCUT2D eigenvalue weighted by molar-refractivity contribution is -0.115. The number of carboxylic acids is 1. The maximum Gasteiger partial charge on any atom is 0.335 e. The SMILES string of the molecule is Cc1cc(C(=O)O)ccc1-n1c(C)cc(/C=C2/NC(=S)NC2=O)c1C. The summed E-state index contributed by atoms with van der Waals surface area (Å²) in [6.07, 6.45) is 1.76. The molecule has 0 radical (unpaired) electrons. The fraction of sp³-hybridized carbons (Fsp3) is 0.167. The minimum absolute atomic E-state index is 0.253. The zero-order chi connectivity index (χ0) is 18.3. The molecule has 1 saturated heterocycles. The van der Waals surface area contributed by atoms with Crippen molar-refractivity contribution in [1.29, 1.82) is 0 Å². The van der Waals surface area contributed by atoms with E-state index in [0.29, 0.717) is 10.8 Å². The molecule has 2 aromatic rings. The van der Waals surface area contributed by atoms with Crippen molar-refractivity contribution in [2.45, 2.75) is 20.8 Å². The number of nitrogens with zero attached hydrogens (tertiary/aromatic N) is 1. The van der Waals surface area contributed by atoms with E-state index in [1.807, 2.05) is 31.4 Å². The predicted octanol–water partition coefficient (Wildman–Crippen LogP) is 2.45. The minimum Gasteiger partial charge on any atom is -0.478 e. The number of aromatic nitrogens is 1. The molecule has 0 spiro atoms. The molecular weight excluding hydrogens is 338 g/mol. The van der Waals surface area contributed by atoms with Gasteiger partial charge in [-0.25, -0.2) is 4.79 Å². The highest BCUT2D eigenvalue weighted by molar-refractivity contribution is 7.80. The molecule has 1 aromatic heterocycles. The Morgan fingerprint density at radius 2 is 1.92 bits per heavy atom. The maximum absolute atomic E-state index is 11.8. The Morgan fingerprint density at radius 3 is 2.48 bits per heavy atom. The van der Waals surface area contributed by atoms with Crippen molar-refractivity contribution in [2.75, 3.05) is 0 Å². The van der Waals surface area contributed by atoms with Gasteiger partial charge in [-0.05, 0) is 74.5 Å². The minimum atomic E-state index is -0.949. The summed E-state index contributed by atoms with van der Waals surface area (Å²) >= 11 is 4.94. The van der Waals surface area contributed by atoms with E-state index in [2.05, 4.69) is 10.6 Å². The molecule has 0 bridgehead atoms. The number of carbonyl (C=O) groups excluding carboxylic acids is 1. The molecule has 2 heterocycles. The van der Waals surface area contributed by atoms with Crippen LogP contribution in [-0.2, 0) is 4.79 Å². The van der Waals surface area contributed by atoms with Crippen molar-refractivity contribution >= 4 is 35.3 Å². The molecule has 6 nitrogen and oxygen atoms in total. The average molecular weight is 355 g/mol. The van der Waals surface area contributed by atoms with Crippen LogP contribution in [0, 0.1) is 20.8 Å². The van der Waals surface area contributed by atoms with Gasteiger partial charge < -0.3 is 15.0 Å². The van der Waals surface area contributed by atoms with E-state index in [1.54, 1.807) is 24.3 Å². The van der Waals surface area contributed by atoms with Crippen LogP contribution >= 0.6 is 12.2 Å². The second kappa shape index (κ2) is 6.18. The lowest BCUT2D eigenvalue weighted by Gasteiger charge is -2.13. The second-order valence-electron chi connectivity index (χ2n) is 5.93. The Kier molecular flexibility index (Phi) is 4.18. The number of aromatic carboxylic acids is 1. The van der Waals surface area contributed by atoms with Crippen LogP contribution in [0.2, 0.25) is 0 Å². The largest absolute Gasteiger partial charge is 0.478 e. The van der Waals surface area contributed by atoms with Crippen LogP contribution in [0.1, 0.15) is 32.9 Å². The third-order valence-corrected chi connectivity index (χ3v) is 4.38. The molecule has 128 valence electrons. The number of carbonyl (C=O) groups is 2. The quantitative estimate of drug-likeness (QED) is 0.582. The van der Waals surface area contributed by atoms with Gasteiger partial charge in [0.2, 0.25) is 0 Å². The lowest BCUT2D eigenvalue weighted by atomic mass is 10.1. The van der Waals surface area contributed by atoms with Gasteiger partial charge in [0, 0.05) is 17.1 Å². The van der Waals surface area contributed by atoms with Crippen molar-refractivity contribution in [3.05, 3.63) is 58.0 Å².